The van der Waals surface area contributed by atoms with E-state index in [1.165, 1.54) is 18.9 Å². The molecule has 7 nitrogen and oxygen atoms in total. The second-order valence-electron chi connectivity index (χ2n) is 7.36. The van der Waals surface area contributed by atoms with Gasteiger partial charge < -0.3 is 19.8 Å². The highest BCUT2D eigenvalue weighted by Crippen LogP contribution is 2.25. The molecule has 8 heteroatoms. The summed E-state index contributed by atoms with van der Waals surface area (Å²) in [6.07, 6.45) is 4.54. The predicted octanol–water partition coefficient (Wildman–Crippen LogP) is 2.30. The Morgan fingerprint density at radius 2 is 1.76 bits per heavy atom. The molecular weight excluding hydrogens is 375 g/mol. The molecule has 0 spiro atoms. The van der Waals surface area contributed by atoms with Crippen LogP contribution >= 0.6 is 0 Å². The van der Waals surface area contributed by atoms with Gasteiger partial charge in [0.2, 0.25) is 0 Å². The fourth-order valence-electron chi connectivity index (χ4n) is 3.91. The summed E-state index contributed by atoms with van der Waals surface area (Å²) in [5.41, 5.74) is 0.919. The fraction of sp³-hybridized carbons (Fsp3) is 0.381. The van der Waals surface area contributed by atoms with Crippen LogP contribution in [-0.4, -0.2) is 66.5 Å². The second kappa shape index (κ2) is 8.06. The number of anilines is 2. The molecule has 1 aromatic heterocycles. The van der Waals surface area contributed by atoms with Gasteiger partial charge in [-0.15, -0.1) is 0 Å². The zero-order valence-corrected chi connectivity index (χ0v) is 16.1. The van der Waals surface area contributed by atoms with Crippen molar-refractivity contribution >= 4 is 23.7 Å². The number of carbonyl (C=O) groups is 2. The summed E-state index contributed by atoms with van der Waals surface area (Å²) in [5, 5.41) is 9.53. The van der Waals surface area contributed by atoms with Gasteiger partial charge in [0.05, 0.1) is 5.56 Å². The Kier molecular flexibility index (Phi) is 5.33. The summed E-state index contributed by atoms with van der Waals surface area (Å²) < 4.78 is 13.8. The lowest BCUT2D eigenvalue weighted by atomic mass is 10.1. The third-order valence-electron chi connectivity index (χ3n) is 5.56. The van der Waals surface area contributed by atoms with Crippen LogP contribution in [0, 0.1) is 5.82 Å². The first kappa shape index (κ1) is 19.2. The Bertz CT molecular complexity index is 922. The maximum Gasteiger partial charge on any atom is 0.254 e. The lowest BCUT2D eigenvalue weighted by molar-refractivity contribution is 0.0746. The van der Waals surface area contributed by atoms with E-state index in [0.29, 0.717) is 32.5 Å². The number of aromatic nitrogens is 1. The van der Waals surface area contributed by atoms with Crippen LogP contribution in [0.15, 0.2) is 30.5 Å². The van der Waals surface area contributed by atoms with E-state index >= 15 is 0 Å². The maximum absolute atomic E-state index is 13.8. The predicted molar refractivity (Wildman–Crippen MR) is 107 cm³/mol. The van der Waals surface area contributed by atoms with E-state index in [-0.39, 0.29) is 17.0 Å². The lowest BCUT2D eigenvalue weighted by Gasteiger charge is -2.36. The third-order valence-corrected chi connectivity index (χ3v) is 5.56. The van der Waals surface area contributed by atoms with Gasteiger partial charge in [-0.1, -0.05) is 0 Å². The molecule has 2 saturated heterocycles. The summed E-state index contributed by atoms with van der Waals surface area (Å²) in [7, 11) is 0. The first-order valence-corrected chi connectivity index (χ1v) is 9.80. The molecule has 4 rings (SSSR count). The van der Waals surface area contributed by atoms with Gasteiger partial charge in [-0.2, -0.15) is 0 Å². The maximum atomic E-state index is 13.8. The highest BCUT2D eigenvalue weighted by molar-refractivity contribution is 5.96. The third kappa shape index (κ3) is 3.87. The van der Waals surface area contributed by atoms with Crippen molar-refractivity contribution in [2.75, 3.05) is 49.1 Å². The number of hydrogen-bond acceptors (Lipinski definition) is 6. The highest BCUT2D eigenvalue weighted by atomic mass is 19.1. The number of benzene rings is 1. The minimum Gasteiger partial charge on any atom is -0.504 e. The van der Waals surface area contributed by atoms with E-state index in [4.69, 9.17) is 0 Å². The van der Waals surface area contributed by atoms with Crippen LogP contribution in [0.25, 0.3) is 0 Å². The number of phenolic OH excluding ortho intramolecular Hbond substituents is 1. The van der Waals surface area contributed by atoms with Gasteiger partial charge in [0.15, 0.2) is 17.9 Å². The summed E-state index contributed by atoms with van der Waals surface area (Å²) in [4.78, 5) is 34.3. The zero-order chi connectivity index (χ0) is 20.4. The van der Waals surface area contributed by atoms with Gasteiger partial charge in [0.25, 0.3) is 5.91 Å². The highest BCUT2D eigenvalue weighted by Gasteiger charge is 2.24. The lowest BCUT2D eigenvalue weighted by Crippen LogP contribution is -2.48. The average Bonchev–Trinajstić information content (AvgIpc) is 3.30. The van der Waals surface area contributed by atoms with Crippen molar-refractivity contribution in [3.8, 4) is 5.75 Å². The molecule has 2 aliphatic rings. The van der Waals surface area contributed by atoms with Crippen LogP contribution in [0.5, 0.6) is 5.75 Å². The Morgan fingerprint density at radius 3 is 2.45 bits per heavy atom. The SMILES string of the molecule is O=Cc1cc(C(=O)N2CCN(c3ccnc(N4CCCC4)c3)CC2)cc(F)c1O. The number of pyridine rings is 1. The topological polar surface area (TPSA) is 77.0 Å². The quantitative estimate of drug-likeness (QED) is 0.797. The average molecular weight is 398 g/mol. The Labute approximate surface area is 168 Å². The number of amides is 1. The molecule has 0 atom stereocenters. The number of aldehydes is 1. The minimum atomic E-state index is -0.970. The van der Waals surface area contributed by atoms with Gasteiger partial charge in [0.1, 0.15) is 5.82 Å². The molecule has 29 heavy (non-hydrogen) atoms. The molecule has 1 aromatic carbocycles. The summed E-state index contributed by atoms with van der Waals surface area (Å²) in [6, 6.07) is 6.27. The molecular formula is C21H23FN4O3. The van der Waals surface area contributed by atoms with Crippen molar-refractivity contribution in [2.45, 2.75) is 12.8 Å². The van der Waals surface area contributed by atoms with Crippen LogP contribution in [-0.2, 0) is 0 Å². The van der Waals surface area contributed by atoms with Crippen molar-refractivity contribution in [2.24, 2.45) is 0 Å². The second-order valence-corrected chi connectivity index (χ2v) is 7.36. The van der Waals surface area contributed by atoms with Crippen LogP contribution < -0.4 is 9.80 Å². The zero-order valence-electron chi connectivity index (χ0n) is 16.1. The van der Waals surface area contributed by atoms with Crippen molar-refractivity contribution in [1.29, 1.82) is 0 Å². The number of phenols is 1. The van der Waals surface area contributed by atoms with Gasteiger partial charge >= 0.3 is 0 Å². The summed E-state index contributed by atoms with van der Waals surface area (Å²) >= 11 is 0. The fourth-order valence-corrected chi connectivity index (χ4v) is 3.91. The van der Waals surface area contributed by atoms with Gasteiger partial charge in [-0.25, -0.2) is 9.37 Å². The van der Waals surface area contributed by atoms with E-state index in [1.807, 2.05) is 12.3 Å². The molecule has 152 valence electrons. The number of rotatable bonds is 4. The van der Waals surface area contributed by atoms with Crippen molar-refractivity contribution in [3.63, 3.8) is 0 Å². The van der Waals surface area contributed by atoms with E-state index in [2.05, 4.69) is 20.9 Å². The summed E-state index contributed by atoms with van der Waals surface area (Å²) in [6.45, 7) is 4.33. The monoisotopic (exact) mass is 398 g/mol. The number of halogens is 1. The van der Waals surface area contributed by atoms with E-state index in [0.717, 1.165) is 30.7 Å². The first-order valence-electron chi connectivity index (χ1n) is 9.80. The molecule has 2 aliphatic heterocycles. The molecule has 1 N–H and O–H groups in total. The number of nitrogens with zero attached hydrogens (tertiary/aromatic N) is 4. The Hall–Kier alpha value is -3.16. The molecule has 3 heterocycles. The van der Waals surface area contributed by atoms with E-state index in [1.54, 1.807) is 4.90 Å². The van der Waals surface area contributed by atoms with Crippen LogP contribution in [0.2, 0.25) is 0 Å². The van der Waals surface area contributed by atoms with Crippen molar-refractivity contribution < 1.29 is 19.1 Å². The first-order chi connectivity index (χ1) is 14.1. The van der Waals surface area contributed by atoms with Gasteiger partial charge in [0, 0.05) is 62.8 Å². The van der Waals surface area contributed by atoms with Crippen LogP contribution in [0.4, 0.5) is 15.9 Å². The van der Waals surface area contributed by atoms with E-state index in [9.17, 15) is 19.1 Å². The molecule has 0 saturated carbocycles. The van der Waals surface area contributed by atoms with Crippen LogP contribution in [0.1, 0.15) is 33.6 Å². The number of carbonyl (C=O) groups excluding carboxylic acids is 2. The van der Waals surface area contributed by atoms with Gasteiger partial charge in [-0.05, 0) is 31.0 Å². The minimum absolute atomic E-state index is 0.0658. The van der Waals surface area contributed by atoms with Crippen molar-refractivity contribution in [1.82, 2.24) is 9.88 Å². The number of aromatic hydroxyl groups is 1. The largest absolute Gasteiger partial charge is 0.504 e. The molecule has 0 aliphatic carbocycles. The van der Waals surface area contributed by atoms with Crippen LogP contribution in [0.3, 0.4) is 0 Å². The van der Waals surface area contributed by atoms with E-state index < -0.39 is 11.6 Å². The molecule has 2 aromatic rings. The van der Waals surface area contributed by atoms with Gasteiger partial charge in [-0.3, -0.25) is 9.59 Å². The molecule has 0 unspecified atom stereocenters. The number of piperazine rings is 1. The Balaban J connectivity index is 1.43. The molecule has 0 radical (unpaired) electrons. The molecule has 0 bridgehead atoms. The Morgan fingerprint density at radius 1 is 1.03 bits per heavy atom. The molecule has 2 fully saturated rings. The van der Waals surface area contributed by atoms with Crippen molar-refractivity contribution in [3.05, 3.63) is 47.4 Å². The standard InChI is InChI=1S/C21H23FN4O3/c22-18-12-15(11-16(14-27)20(18)28)21(29)26-9-7-24(8-10-26)17-3-4-23-19(13-17)25-5-1-2-6-25/h3-4,11-14,28H,1-2,5-10H2. The number of hydrogen-bond donors (Lipinski definition) is 1. The summed E-state index contributed by atoms with van der Waals surface area (Å²) in [5.74, 6) is -1.06. The normalized spacial score (nSPS) is 16.9. The molecule has 1 amide bonds. The smallest absolute Gasteiger partial charge is 0.254 e.